The Bertz CT molecular complexity index is 897. The first kappa shape index (κ1) is 19.2. The Balaban J connectivity index is 1.83. The number of hydrogen-bond acceptors (Lipinski definition) is 2. The minimum atomic E-state index is -0.485. The third-order valence-electron chi connectivity index (χ3n) is 4.55. The minimum absolute atomic E-state index is 0.0174. The van der Waals surface area contributed by atoms with Gasteiger partial charge in [0.25, 0.3) is 0 Å². The molecule has 3 aromatic carbocycles. The molecule has 0 spiro atoms. The van der Waals surface area contributed by atoms with Crippen LogP contribution in [-0.4, -0.2) is 5.91 Å². The van der Waals surface area contributed by atoms with E-state index in [0.29, 0.717) is 10.7 Å². The predicted molar refractivity (Wildman–Crippen MR) is 112 cm³/mol. The van der Waals surface area contributed by atoms with Gasteiger partial charge in [-0.05, 0) is 42.7 Å². The summed E-state index contributed by atoms with van der Waals surface area (Å²) in [7, 11) is 0. The van der Waals surface area contributed by atoms with E-state index in [4.69, 9.17) is 11.6 Å². The highest BCUT2D eigenvalue weighted by atomic mass is 35.5. The van der Waals surface area contributed by atoms with Crippen LogP contribution in [0.1, 0.15) is 35.7 Å². The van der Waals surface area contributed by atoms with E-state index in [2.05, 4.69) is 29.7 Å². The summed E-state index contributed by atoms with van der Waals surface area (Å²) >= 11 is 6.19. The van der Waals surface area contributed by atoms with Crippen molar-refractivity contribution in [2.45, 2.75) is 25.9 Å². The second kappa shape index (κ2) is 8.85. The molecule has 3 aromatic rings. The summed E-state index contributed by atoms with van der Waals surface area (Å²) in [5.74, 6) is -0.121. The molecular weight excluding hydrogens is 356 g/mol. The Hall–Kier alpha value is -2.62. The quantitative estimate of drug-likeness (QED) is 0.579. The first-order chi connectivity index (χ1) is 13.0. The molecule has 138 valence electrons. The van der Waals surface area contributed by atoms with Crippen LogP contribution in [0.5, 0.6) is 0 Å². The molecule has 0 aliphatic carbocycles. The fraction of sp³-hybridized carbons (Fsp3) is 0.174. The van der Waals surface area contributed by atoms with Crippen molar-refractivity contribution in [2.75, 3.05) is 5.32 Å². The summed E-state index contributed by atoms with van der Waals surface area (Å²) < 4.78 is 0. The van der Waals surface area contributed by atoms with Gasteiger partial charge in [-0.2, -0.15) is 0 Å². The standard InChI is InChI=1S/C23H23ClN2O/c1-16-13-14-20(15-21(16)24)26-23(27)22(19-11-7-4-8-12-19)25-17(2)18-9-5-3-6-10-18/h3-15,17,22,25H,1-2H3,(H,26,27). The monoisotopic (exact) mass is 378 g/mol. The lowest BCUT2D eigenvalue weighted by atomic mass is 10.0. The zero-order chi connectivity index (χ0) is 19.2. The SMILES string of the molecule is Cc1ccc(NC(=O)C(NC(C)c2ccccc2)c2ccccc2)cc1Cl. The lowest BCUT2D eigenvalue weighted by molar-refractivity contribution is -0.118. The second-order valence-corrected chi connectivity index (χ2v) is 7.00. The van der Waals surface area contributed by atoms with Gasteiger partial charge in [-0.1, -0.05) is 78.3 Å². The number of aryl methyl sites for hydroxylation is 1. The molecule has 0 bridgehead atoms. The topological polar surface area (TPSA) is 41.1 Å². The summed E-state index contributed by atoms with van der Waals surface area (Å²) in [6.07, 6.45) is 0. The number of hydrogen-bond donors (Lipinski definition) is 2. The smallest absolute Gasteiger partial charge is 0.246 e. The number of benzene rings is 3. The molecule has 0 radical (unpaired) electrons. The summed E-state index contributed by atoms with van der Waals surface area (Å²) in [6, 6.07) is 24.9. The first-order valence-corrected chi connectivity index (χ1v) is 9.35. The molecule has 2 atom stereocenters. The van der Waals surface area contributed by atoms with Gasteiger partial charge in [-0.25, -0.2) is 0 Å². The number of anilines is 1. The van der Waals surface area contributed by atoms with E-state index in [1.54, 1.807) is 6.07 Å². The maximum absolute atomic E-state index is 13.1. The number of halogens is 1. The summed E-state index contributed by atoms with van der Waals surface area (Å²) in [4.78, 5) is 13.1. The van der Waals surface area contributed by atoms with E-state index in [9.17, 15) is 4.79 Å². The van der Waals surface area contributed by atoms with Crippen molar-refractivity contribution in [3.8, 4) is 0 Å². The molecule has 27 heavy (non-hydrogen) atoms. The van der Waals surface area contributed by atoms with E-state index in [1.165, 1.54) is 0 Å². The third kappa shape index (κ3) is 4.97. The van der Waals surface area contributed by atoms with Crippen molar-refractivity contribution in [1.29, 1.82) is 0 Å². The van der Waals surface area contributed by atoms with Crippen molar-refractivity contribution in [3.05, 3.63) is 101 Å². The van der Waals surface area contributed by atoms with Crippen molar-refractivity contribution in [1.82, 2.24) is 5.32 Å². The highest BCUT2D eigenvalue weighted by Crippen LogP contribution is 2.24. The molecule has 2 N–H and O–H groups in total. The first-order valence-electron chi connectivity index (χ1n) is 8.97. The lowest BCUT2D eigenvalue weighted by Crippen LogP contribution is -2.34. The molecular formula is C23H23ClN2O. The van der Waals surface area contributed by atoms with Crippen LogP contribution >= 0.6 is 11.6 Å². The van der Waals surface area contributed by atoms with Gasteiger partial charge >= 0.3 is 0 Å². The number of carbonyl (C=O) groups excluding carboxylic acids is 1. The Morgan fingerprint density at radius 1 is 0.889 bits per heavy atom. The predicted octanol–water partition coefficient (Wildman–Crippen LogP) is 5.68. The third-order valence-corrected chi connectivity index (χ3v) is 4.96. The molecule has 0 aromatic heterocycles. The van der Waals surface area contributed by atoms with Gasteiger partial charge in [0.05, 0.1) is 0 Å². The van der Waals surface area contributed by atoms with Gasteiger partial charge in [-0.15, -0.1) is 0 Å². The molecule has 2 unspecified atom stereocenters. The number of carbonyl (C=O) groups is 1. The minimum Gasteiger partial charge on any atom is -0.324 e. The molecule has 0 saturated heterocycles. The molecule has 0 heterocycles. The van der Waals surface area contributed by atoms with Gasteiger partial charge in [0.15, 0.2) is 0 Å². The second-order valence-electron chi connectivity index (χ2n) is 6.60. The van der Waals surface area contributed by atoms with Crippen LogP contribution < -0.4 is 10.6 Å². The lowest BCUT2D eigenvalue weighted by Gasteiger charge is -2.24. The van der Waals surface area contributed by atoms with Crippen molar-refractivity contribution < 1.29 is 4.79 Å². The van der Waals surface area contributed by atoms with Crippen molar-refractivity contribution >= 4 is 23.2 Å². The molecule has 0 fully saturated rings. The largest absolute Gasteiger partial charge is 0.324 e. The van der Waals surface area contributed by atoms with Crippen LogP contribution in [0, 0.1) is 6.92 Å². The fourth-order valence-corrected chi connectivity index (χ4v) is 3.12. The molecule has 1 amide bonds. The van der Waals surface area contributed by atoms with Crippen molar-refractivity contribution in [3.63, 3.8) is 0 Å². The number of amides is 1. The maximum Gasteiger partial charge on any atom is 0.246 e. The van der Waals surface area contributed by atoms with E-state index in [-0.39, 0.29) is 11.9 Å². The van der Waals surface area contributed by atoms with E-state index in [1.807, 2.05) is 67.6 Å². The zero-order valence-electron chi connectivity index (χ0n) is 15.4. The van der Waals surface area contributed by atoms with Gasteiger partial charge in [0.1, 0.15) is 6.04 Å². The van der Waals surface area contributed by atoms with Crippen LogP contribution in [0.2, 0.25) is 5.02 Å². The number of rotatable bonds is 6. The average molecular weight is 379 g/mol. The highest BCUT2D eigenvalue weighted by molar-refractivity contribution is 6.31. The zero-order valence-corrected chi connectivity index (χ0v) is 16.2. The van der Waals surface area contributed by atoms with Crippen LogP contribution in [0.15, 0.2) is 78.9 Å². The molecule has 4 heteroatoms. The molecule has 3 rings (SSSR count). The van der Waals surface area contributed by atoms with Crippen LogP contribution in [0.3, 0.4) is 0 Å². The molecule has 0 aliphatic heterocycles. The number of nitrogens with one attached hydrogen (secondary N) is 2. The van der Waals surface area contributed by atoms with Crippen LogP contribution in [0.25, 0.3) is 0 Å². The van der Waals surface area contributed by atoms with Crippen LogP contribution in [-0.2, 0) is 4.79 Å². The van der Waals surface area contributed by atoms with Crippen molar-refractivity contribution in [2.24, 2.45) is 0 Å². The van der Waals surface area contributed by atoms with Gasteiger partial charge in [-0.3, -0.25) is 10.1 Å². The van der Waals surface area contributed by atoms with E-state index >= 15 is 0 Å². The average Bonchev–Trinajstić information content (AvgIpc) is 2.70. The Morgan fingerprint density at radius 2 is 1.48 bits per heavy atom. The normalized spacial score (nSPS) is 13.0. The Labute approximate surface area is 165 Å². The van der Waals surface area contributed by atoms with Gasteiger partial charge < -0.3 is 5.32 Å². The van der Waals surface area contributed by atoms with Crippen LogP contribution in [0.4, 0.5) is 5.69 Å². The Kier molecular flexibility index (Phi) is 6.28. The molecule has 3 nitrogen and oxygen atoms in total. The summed E-state index contributed by atoms with van der Waals surface area (Å²) in [5, 5.41) is 7.06. The molecule has 0 saturated carbocycles. The van der Waals surface area contributed by atoms with E-state index < -0.39 is 6.04 Å². The highest BCUT2D eigenvalue weighted by Gasteiger charge is 2.23. The summed E-state index contributed by atoms with van der Waals surface area (Å²) in [6.45, 7) is 3.99. The Morgan fingerprint density at radius 3 is 2.07 bits per heavy atom. The fourth-order valence-electron chi connectivity index (χ4n) is 2.94. The summed E-state index contributed by atoms with van der Waals surface area (Å²) in [5.41, 5.74) is 3.70. The van der Waals surface area contributed by atoms with Gasteiger partial charge in [0.2, 0.25) is 5.91 Å². The maximum atomic E-state index is 13.1. The van der Waals surface area contributed by atoms with E-state index in [0.717, 1.165) is 16.7 Å². The molecule has 0 aliphatic rings. The van der Waals surface area contributed by atoms with Gasteiger partial charge in [0, 0.05) is 16.8 Å².